The fourth-order valence-corrected chi connectivity index (χ4v) is 3.45. The van der Waals surface area contributed by atoms with Crippen molar-refractivity contribution in [3.8, 4) is 5.75 Å². The van der Waals surface area contributed by atoms with Crippen molar-refractivity contribution in [3.05, 3.63) is 87.1 Å². The van der Waals surface area contributed by atoms with Crippen LogP contribution in [0.25, 0.3) is 11.0 Å². The van der Waals surface area contributed by atoms with Crippen molar-refractivity contribution in [1.29, 1.82) is 0 Å². The predicted octanol–water partition coefficient (Wildman–Crippen LogP) is 3.33. The van der Waals surface area contributed by atoms with Gasteiger partial charge in [0.2, 0.25) is 5.88 Å². The lowest BCUT2D eigenvalue weighted by atomic mass is 9.83. The number of carbonyl (C=O) groups excluding carboxylic acids is 1. The molecule has 6 nitrogen and oxygen atoms in total. The van der Waals surface area contributed by atoms with E-state index in [1.54, 1.807) is 31.2 Å². The summed E-state index contributed by atoms with van der Waals surface area (Å²) >= 11 is 0. The summed E-state index contributed by atoms with van der Waals surface area (Å²) in [6, 6.07) is 9.30. The van der Waals surface area contributed by atoms with Crippen LogP contribution >= 0.6 is 0 Å². The Morgan fingerprint density at radius 2 is 1.86 bits per heavy atom. The molecule has 8 heteroatoms. The molecule has 1 aromatic heterocycles. The highest BCUT2D eigenvalue weighted by atomic mass is 19.1. The molecular weight excluding hydrogens is 384 g/mol. The third-order valence-electron chi connectivity index (χ3n) is 4.57. The van der Waals surface area contributed by atoms with Gasteiger partial charge in [-0.15, -0.1) is 0 Å². The highest BCUT2D eigenvalue weighted by Gasteiger charge is 2.39. The Balaban J connectivity index is 2.07. The molecule has 0 saturated carbocycles. The third-order valence-corrected chi connectivity index (χ3v) is 4.57. The van der Waals surface area contributed by atoms with Gasteiger partial charge in [-0.05, 0) is 36.8 Å². The van der Waals surface area contributed by atoms with E-state index in [4.69, 9.17) is 19.6 Å². The number of carbonyl (C=O) groups is 1. The van der Waals surface area contributed by atoms with Gasteiger partial charge in [-0.25, -0.2) is 18.4 Å². The summed E-state index contributed by atoms with van der Waals surface area (Å²) in [4.78, 5) is 25.4. The van der Waals surface area contributed by atoms with Crippen molar-refractivity contribution < 1.29 is 27.5 Å². The highest BCUT2D eigenvalue weighted by Crippen LogP contribution is 2.44. The van der Waals surface area contributed by atoms with Crippen LogP contribution in [-0.2, 0) is 9.53 Å². The molecule has 2 heterocycles. The molecule has 1 unspecified atom stereocenters. The smallest absolute Gasteiger partial charge is 0.344 e. The molecule has 2 N–H and O–H groups in total. The summed E-state index contributed by atoms with van der Waals surface area (Å²) in [7, 11) is 0. The van der Waals surface area contributed by atoms with Crippen LogP contribution < -0.4 is 16.1 Å². The van der Waals surface area contributed by atoms with Gasteiger partial charge in [0.15, 0.2) is 5.75 Å². The van der Waals surface area contributed by atoms with E-state index in [0.717, 1.165) is 12.1 Å². The lowest BCUT2D eigenvalue weighted by molar-refractivity contribution is -0.139. The van der Waals surface area contributed by atoms with E-state index in [-0.39, 0.29) is 40.5 Å². The lowest BCUT2D eigenvalue weighted by Crippen LogP contribution is -2.31. The molecule has 0 saturated heterocycles. The molecule has 0 radical (unpaired) electrons. The first-order valence-electron chi connectivity index (χ1n) is 8.77. The Morgan fingerprint density at radius 3 is 2.55 bits per heavy atom. The van der Waals surface area contributed by atoms with E-state index < -0.39 is 29.1 Å². The second-order valence-corrected chi connectivity index (χ2v) is 6.36. The van der Waals surface area contributed by atoms with E-state index in [9.17, 15) is 18.4 Å². The van der Waals surface area contributed by atoms with Gasteiger partial charge in [0, 0.05) is 6.07 Å². The predicted molar refractivity (Wildman–Crippen MR) is 99.2 cm³/mol. The Bertz CT molecular complexity index is 1210. The first kappa shape index (κ1) is 18.7. The average molecular weight is 399 g/mol. The summed E-state index contributed by atoms with van der Waals surface area (Å²) in [5, 5.41) is 0.426. The summed E-state index contributed by atoms with van der Waals surface area (Å²) < 4.78 is 43.9. The largest absolute Gasteiger partial charge is 0.462 e. The summed E-state index contributed by atoms with van der Waals surface area (Å²) in [6.45, 7) is 1.62. The molecule has 0 fully saturated rings. The van der Waals surface area contributed by atoms with Gasteiger partial charge >= 0.3 is 11.6 Å². The van der Waals surface area contributed by atoms with Crippen LogP contribution in [0.4, 0.5) is 8.78 Å². The van der Waals surface area contributed by atoms with Gasteiger partial charge in [0.25, 0.3) is 0 Å². The molecule has 3 aromatic rings. The number of fused-ring (bicyclic) bond motifs is 3. The summed E-state index contributed by atoms with van der Waals surface area (Å²) in [5.74, 6) is -4.10. The van der Waals surface area contributed by atoms with Crippen molar-refractivity contribution in [1.82, 2.24) is 0 Å². The maximum absolute atomic E-state index is 13.9. The minimum absolute atomic E-state index is 0.000587. The molecule has 148 valence electrons. The van der Waals surface area contributed by atoms with Crippen molar-refractivity contribution in [2.24, 2.45) is 5.73 Å². The van der Waals surface area contributed by atoms with E-state index in [1.807, 2.05) is 0 Å². The molecule has 0 spiro atoms. The maximum atomic E-state index is 13.9. The van der Waals surface area contributed by atoms with Crippen molar-refractivity contribution >= 4 is 16.9 Å². The van der Waals surface area contributed by atoms with Crippen LogP contribution in [0.3, 0.4) is 0 Å². The van der Waals surface area contributed by atoms with E-state index in [1.165, 1.54) is 0 Å². The van der Waals surface area contributed by atoms with Crippen LogP contribution in [0.1, 0.15) is 24.0 Å². The maximum Gasteiger partial charge on any atom is 0.344 e. The number of esters is 1. The quantitative estimate of drug-likeness (QED) is 0.537. The zero-order chi connectivity index (χ0) is 20.7. The van der Waals surface area contributed by atoms with E-state index in [0.29, 0.717) is 11.5 Å². The number of nitrogens with two attached hydrogens (primary N) is 1. The number of ether oxygens (including phenoxy) is 2. The van der Waals surface area contributed by atoms with Crippen LogP contribution in [0.2, 0.25) is 0 Å². The molecule has 4 rings (SSSR count). The van der Waals surface area contributed by atoms with Gasteiger partial charge in [0.05, 0.1) is 23.5 Å². The minimum Gasteiger partial charge on any atom is -0.462 e. The number of para-hydroxylation sites is 1. The molecule has 0 bridgehead atoms. The van der Waals surface area contributed by atoms with Crippen LogP contribution in [-0.4, -0.2) is 12.6 Å². The first-order chi connectivity index (χ1) is 13.9. The molecule has 29 heavy (non-hydrogen) atoms. The summed E-state index contributed by atoms with van der Waals surface area (Å²) in [6.07, 6.45) is 0. The molecular formula is C21H15F2NO5. The second-order valence-electron chi connectivity index (χ2n) is 6.36. The fourth-order valence-electron chi connectivity index (χ4n) is 3.45. The first-order valence-corrected chi connectivity index (χ1v) is 8.77. The third kappa shape index (κ3) is 3.12. The van der Waals surface area contributed by atoms with Crippen LogP contribution in [0, 0.1) is 11.6 Å². The number of halogens is 2. The monoisotopic (exact) mass is 399 g/mol. The highest BCUT2D eigenvalue weighted by molar-refractivity contribution is 5.94. The number of benzene rings is 2. The topological polar surface area (TPSA) is 91.8 Å². The number of hydrogen-bond donors (Lipinski definition) is 1. The van der Waals surface area contributed by atoms with Gasteiger partial charge in [-0.1, -0.05) is 12.1 Å². The molecule has 1 aliphatic heterocycles. The van der Waals surface area contributed by atoms with Gasteiger partial charge in [0.1, 0.15) is 22.8 Å². The second kappa shape index (κ2) is 7.05. The Hall–Kier alpha value is -3.68. The van der Waals surface area contributed by atoms with Gasteiger partial charge in [-0.2, -0.15) is 0 Å². The zero-order valence-corrected chi connectivity index (χ0v) is 15.2. The molecule has 0 amide bonds. The molecule has 0 aliphatic carbocycles. The van der Waals surface area contributed by atoms with Gasteiger partial charge in [-0.3, -0.25) is 0 Å². The number of rotatable bonds is 3. The van der Waals surface area contributed by atoms with Crippen LogP contribution in [0.15, 0.2) is 63.1 Å². The summed E-state index contributed by atoms with van der Waals surface area (Å²) in [5.41, 5.74) is 5.11. The minimum atomic E-state index is -1.23. The van der Waals surface area contributed by atoms with E-state index >= 15 is 0 Å². The average Bonchev–Trinajstić information content (AvgIpc) is 2.66. The SMILES string of the molecule is CCOC(=O)C1=C(N)Oc2c(c(=O)oc3ccccc23)C1c1cc(F)cc(F)c1. The lowest BCUT2D eigenvalue weighted by Gasteiger charge is -2.28. The number of hydrogen-bond acceptors (Lipinski definition) is 6. The zero-order valence-electron chi connectivity index (χ0n) is 15.2. The Kier molecular flexibility index (Phi) is 4.54. The van der Waals surface area contributed by atoms with Crippen molar-refractivity contribution in [2.45, 2.75) is 12.8 Å². The normalized spacial score (nSPS) is 15.8. The van der Waals surface area contributed by atoms with Crippen LogP contribution in [0.5, 0.6) is 5.75 Å². The molecule has 1 aliphatic rings. The van der Waals surface area contributed by atoms with Crippen molar-refractivity contribution in [3.63, 3.8) is 0 Å². The standard InChI is InChI=1S/C21H15F2NO5/c1-2-27-20(25)17-15(10-7-11(22)9-12(23)8-10)16-18(29-19(17)24)13-5-3-4-6-14(13)28-21(16)26/h3-9,15H,2,24H2,1H3. The van der Waals surface area contributed by atoms with Crippen molar-refractivity contribution in [2.75, 3.05) is 6.61 Å². The molecule has 1 atom stereocenters. The Labute approximate surface area is 163 Å². The fraction of sp³-hybridized carbons (Fsp3) is 0.143. The van der Waals surface area contributed by atoms with E-state index in [2.05, 4.69) is 0 Å². The molecule has 2 aromatic carbocycles. The van der Waals surface area contributed by atoms with Gasteiger partial charge < -0.3 is 19.6 Å². The Morgan fingerprint density at radius 1 is 1.17 bits per heavy atom.